The Hall–Kier alpha value is -0.820. The van der Waals surface area contributed by atoms with Gasteiger partial charge in [0.1, 0.15) is 0 Å². The second-order valence-electron chi connectivity index (χ2n) is 8.01. The Morgan fingerprint density at radius 3 is 2.10 bits per heavy atom. The van der Waals surface area contributed by atoms with Crippen molar-refractivity contribution in [3.05, 3.63) is 35.4 Å². The average molecular weight is 273 g/mol. The third-order valence-corrected chi connectivity index (χ3v) is 4.70. The molecule has 0 spiro atoms. The number of hydrogen-bond acceptors (Lipinski definition) is 1. The lowest BCUT2D eigenvalue weighted by molar-refractivity contribution is 0.127. The minimum absolute atomic E-state index is 0.256. The second-order valence-corrected chi connectivity index (χ2v) is 8.01. The zero-order valence-corrected chi connectivity index (χ0v) is 13.9. The molecule has 1 heteroatoms. The summed E-state index contributed by atoms with van der Waals surface area (Å²) in [7, 11) is 0. The van der Waals surface area contributed by atoms with Gasteiger partial charge < -0.3 is 5.32 Å². The molecule has 112 valence electrons. The summed E-state index contributed by atoms with van der Waals surface area (Å²) < 4.78 is 0. The predicted octanol–water partition coefficient (Wildman–Crippen LogP) is 4.69. The van der Waals surface area contributed by atoms with E-state index in [4.69, 9.17) is 0 Å². The molecule has 1 aliphatic rings. The molecule has 0 heterocycles. The first-order valence-electron chi connectivity index (χ1n) is 8.14. The van der Waals surface area contributed by atoms with E-state index in [0.717, 1.165) is 0 Å². The van der Waals surface area contributed by atoms with Gasteiger partial charge in [-0.3, -0.25) is 0 Å². The predicted molar refractivity (Wildman–Crippen MR) is 88.3 cm³/mol. The molecule has 1 nitrogen and oxygen atoms in total. The lowest BCUT2D eigenvalue weighted by Gasteiger charge is -2.43. The lowest BCUT2D eigenvalue weighted by atomic mass is 9.65. The van der Waals surface area contributed by atoms with Crippen molar-refractivity contribution in [3.63, 3.8) is 0 Å². The van der Waals surface area contributed by atoms with Crippen molar-refractivity contribution in [2.75, 3.05) is 6.54 Å². The topological polar surface area (TPSA) is 12.0 Å². The van der Waals surface area contributed by atoms with Crippen LogP contribution in [-0.4, -0.2) is 12.6 Å². The minimum Gasteiger partial charge on any atom is -0.314 e. The SMILES string of the molecule is CC(C)NCC1(Cc2ccc(C(C)(C)C)cc2)CCC1. The number of nitrogens with one attached hydrogen (secondary N) is 1. The van der Waals surface area contributed by atoms with E-state index in [1.807, 2.05) is 0 Å². The fraction of sp³-hybridized carbons (Fsp3) is 0.684. The summed E-state index contributed by atoms with van der Waals surface area (Å²) >= 11 is 0. The molecule has 2 rings (SSSR count). The van der Waals surface area contributed by atoms with Gasteiger partial charge in [0.2, 0.25) is 0 Å². The average Bonchev–Trinajstić information content (AvgIpc) is 2.31. The van der Waals surface area contributed by atoms with Gasteiger partial charge in [-0.1, -0.05) is 65.3 Å². The van der Waals surface area contributed by atoms with E-state index in [0.29, 0.717) is 11.5 Å². The van der Waals surface area contributed by atoms with Crippen LogP contribution in [-0.2, 0) is 11.8 Å². The molecule has 1 saturated carbocycles. The quantitative estimate of drug-likeness (QED) is 0.820. The van der Waals surface area contributed by atoms with E-state index in [9.17, 15) is 0 Å². The van der Waals surface area contributed by atoms with Crippen LogP contribution in [0.3, 0.4) is 0 Å². The van der Waals surface area contributed by atoms with Crippen molar-refractivity contribution in [1.29, 1.82) is 0 Å². The molecule has 0 aliphatic heterocycles. The van der Waals surface area contributed by atoms with Gasteiger partial charge in [-0.25, -0.2) is 0 Å². The molecule has 0 amide bonds. The minimum atomic E-state index is 0.256. The Morgan fingerprint density at radius 2 is 1.70 bits per heavy atom. The van der Waals surface area contributed by atoms with E-state index in [-0.39, 0.29) is 5.41 Å². The van der Waals surface area contributed by atoms with Crippen molar-refractivity contribution in [2.45, 2.75) is 71.8 Å². The maximum atomic E-state index is 3.64. The van der Waals surface area contributed by atoms with Gasteiger partial charge in [0, 0.05) is 12.6 Å². The third-order valence-electron chi connectivity index (χ3n) is 4.70. The molecule has 1 aromatic carbocycles. The summed E-state index contributed by atoms with van der Waals surface area (Å²) in [5.41, 5.74) is 3.71. The molecule has 1 fully saturated rings. The number of rotatable bonds is 5. The van der Waals surface area contributed by atoms with Gasteiger partial charge in [-0.05, 0) is 41.2 Å². The normalized spacial score (nSPS) is 18.1. The monoisotopic (exact) mass is 273 g/mol. The fourth-order valence-corrected chi connectivity index (χ4v) is 3.07. The highest BCUT2D eigenvalue weighted by molar-refractivity contribution is 5.28. The van der Waals surface area contributed by atoms with Crippen molar-refractivity contribution >= 4 is 0 Å². The van der Waals surface area contributed by atoms with E-state index in [1.165, 1.54) is 43.4 Å². The van der Waals surface area contributed by atoms with Crippen molar-refractivity contribution < 1.29 is 0 Å². The Balaban J connectivity index is 2.01. The Morgan fingerprint density at radius 1 is 1.10 bits per heavy atom. The van der Waals surface area contributed by atoms with Crippen molar-refractivity contribution in [2.24, 2.45) is 5.41 Å². The second kappa shape index (κ2) is 5.89. The summed E-state index contributed by atoms with van der Waals surface area (Å²) in [6.07, 6.45) is 5.40. The van der Waals surface area contributed by atoms with Crippen LogP contribution in [0.5, 0.6) is 0 Å². The molecular weight excluding hydrogens is 242 g/mol. The van der Waals surface area contributed by atoms with E-state index >= 15 is 0 Å². The Labute approximate surface area is 125 Å². The summed E-state index contributed by atoms with van der Waals surface area (Å²) in [6.45, 7) is 12.5. The summed E-state index contributed by atoms with van der Waals surface area (Å²) in [6, 6.07) is 9.91. The van der Waals surface area contributed by atoms with Gasteiger partial charge in [0.05, 0.1) is 0 Å². The van der Waals surface area contributed by atoms with Crippen molar-refractivity contribution in [3.8, 4) is 0 Å². The van der Waals surface area contributed by atoms with Crippen LogP contribution in [0, 0.1) is 5.41 Å². The van der Waals surface area contributed by atoms with Gasteiger partial charge in [0.25, 0.3) is 0 Å². The zero-order valence-electron chi connectivity index (χ0n) is 13.9. The summed E-state index contributed by atoms with van der Waals surface area (Å²) in [4.78, 5) is 0. The first-order valence-corrected chi connectivity index (χ1v) is 8.14. The molecule has 0 saturated heterocycles. The lowest BCUT2D eigenvalue weighted by Crippen LogP contribution is -2.43. The summed E-state index contributed by atoms with van der Waals surface area (Å²) in [5.74, 6) is 0. The maximum absolute atomic E-state index is 3.64. The van der Waals surface area contributed by atoms with Crippen LogP contribution in [0.2, 0.25) is 0 Å². The molecule has 0 bridgehead atoms. The number of benzene rings is 1. The maximum Gasteiger partial charge on any atom is 0.00134 e. The highest BCUT2D eigenvalue weighted by Crippen LogP contribution is 2.43. The van der Waals surface area contributed by atoms with E-state index in [2.05, 4.69) is 64.2 Å². The van der Waals surface area contributed by atoms with Crippen LogP contribution >= 0.6 is 0 Å². The largest absolute Gasteiger partial charge is 0.314 e. The summed E-state index contributed by atoms with van der Waals surface area (Å²) in [5, 5.41) is 3.64. The Kier molecular flexibility index (Phi) is 4.59. The molecule has 0 aromatic heterocycles. The van der Waals surface area contributed by atoms with Crippen LogP contribution in [0.25, 0.3) is 0 Å². The van der Waals surface area contributed by atoms with Gasteiger partial charge >= 0.3 is 0 Å². The first-order chi connectivity index (χ1) is 9.31. The molecule has 20 heavy (non-hydrogen) atoms. The van der Waals surface area contributed by atoms with Crippen LogP contribution in [0.4, 0.5) is 0 Å². The van der Waals surface area contributed by atoms with Gasteiger partial charge in [0.15, 0.2) is 0 Å². The standard InChI is InChI=1S/C19H31N/c1-15(2)20-14-19(11-6-12-19)13-16-7-9-17(10-8-16)18(3,4)5/h7-10,15,20H,6,11-14H2,1-5H3. The molecule has 1 aliphatic carbocycles. The Bertz CT molecular complexity index is 418. The highest BCUT2D eigenvalue weighted by Gasteiger charge is 2.36. The smallest absolute Gasteiger partial charge is 0.00134 e. The molecule has 1 aromatic rings. The molecule has 0 radical (unpaired) electrons. The van der Waals surface area contributed by atoms with E-state index in [1.54, 1.807) is 0 Å². The fourth-order valence-electron chi connectivity index (χ4n) is 3.07. The van der Waals surface area contributed by atoms with Gasteiger partial charge in [-0.15, -0.1) is 0 Å². The van der Waals surface area contributed by atoms with Crippen LogP contribution in [0.1, 0.15) is 65.0 Å². The van der Waals surface area contributed by atoms with Crippen LogP contribution < -0.4 is 5.32 Å². The van der Waals surface area contributed by atoms with Crippen LogP contribution in [0.15, 0.2) is 24.3 Å². The molecule has 0 atom stereocenters. The first kappa shape index (κ1) is 15.6. The molecule has 0 unspecified atom stereocenters. The molecule has 1 N–H and O–H groups in total. The third kappa shape index (κ3) is 3.85. The molecular formula is C19H31N. The van der Waals surface area contributed by atoms with Gasteiger partial charge in [-0.2, -0.15) is 0 Å². The van der Waals surface area contributed by atoms with Crippen molar-refractivity contribution in [1.82, 2.24) is 5.32 Å². The van der Waals surface area contributed by atoms with E-state index < -0.39 is 0 Å². The highest BCUT2D eigenvalue weighted by atomic mass is 14.9. The zero-order chi connectivity index (χ0) is 14.8. The number of hydrogen-bond donors (Lipinski definition) is 1.